The van der Waals surface area contributed by atoms with Gasteiger partial charge in [0.25, 0.3) is 0 Å². The summed E-state index contributed by atoms with van der Waals surface area (Å²) < 4.78 is 1.79. The maximum atomic E-state index is 4.57. The molecule has 0 spiro atoms. The van der Waals surface area contributed by atoms with Crippen molar-refractivity contribution >= 4 is 29.9 Å². The second kappa shape index (κ2) is 10.2. The highest BCUT2D eigenvalue weighted by Gasteiger charge is 1.99. The van der Waals surface area contributed by atoms with Crippen LogP contribution in [-0.2, 0) is 20.0 Å². The predicted octanol–water partition coefficient (Wildman–Crippen LogP) is 2.34. The van der Waals surface area contributed by atoms with Gasteiger partial charge >= 0.3 is 0 Å². The van der Waals surface area contributed by atoms with Gasteiger partial charge in [-0.15, -0.1) is 24.0 Å². The van der Waals surface area contributed by atoms with E-state index in [0.717, 1.165) is 31.0 Å². The molecular formula is C16H24IN5. The number of halogens is 1. The van der Waals surface area contributed by atoms with Gasteiger partial charge in [0.1, 0.15) is 0 Å². The van der Waals surface area contributed by atoms with E-state index >= 15 is 0 Å². The zero-order chi connectivity index (χ0) is 14.9. The number of benzene rings is 1. The van der Waals surface area contributed by atoms with Crippen molar-refractivity contribution in [1.29, 1.82) is 0 Å². The molecule has 1 aromatic carbocycles. The lowest BCUT2D eigenvalue weighted by atomic mass is 10.1. The van der Waals surface area contributed by atoms with Gasteiger partial charge in [-0.05, 0) is 18.9 Å². The van der Waals surface area contributed by atoms with E-state index in [1.807, 2.05) is 25.5 Å². The Balaban J connectivity index is 0.00000242. The van der Waals surface area contributed by atoms with Crippen molar-refractivity contribution in [1.82, 2.24) is 20.4 Å². The summed E-state index contributed by atoms with van der Waals surface area (Å²) in [6.07, 6.45) is 4.81. The highest BCUT2D eigenvalue weighted by atomic mass is 127. The Bertz CT molecular complexity index is 565. The van der Waals surface area contributed by atoms with Gasteiger partial charge in [0.05, 0.1) is 12.7 Å². The third-order valence-corrected chi connectivity index (χ3v) is 3.07. The zero-order valence-electron chi connectivity index (χ0n) is 13.1. The van der Waals surface area contributed by atoms with Crippen molar-refractivity contribution in [2.75, 3.05) is 13.1 Å². The highest BCUT2D eigenvalue weighted by molar-refractivity contribution is 14.0. The molecule has 0 aliphatic rings. The highest BCUT2D eigenvalue weighted by Crippen LogP contribution is 1.99. The number of aliphatic imine (C=N–C) groups is 1. The first-order chi connectivity index (χ1) is 10.3. The van der Waals surface area contributed by atoms with Gasteiger partial charge in [0, 0.05) is 31.9 Å². The summed E-state index contributed by atoms with van der Waals surface area (Å²) in [5.74, 6) is 0.845. The lowest BCUT2D eigenvalue weighted by Gasteiger charge is -2.11. The fraction of sp³-hybridized carbons (Fsp3) is 0.375. The number of rotatable bonds is 6. The monoisotopic (exact) mass is 413 g/mol. The Hall–Kier alpha value is -1.57. The van der Waals surface area contributed by atoms with Crippen molar-refractivity contribution in [2.24, 2.45) is 12.0 Å². The molecule has 0 radical (unpaired) electrons. The van der Waals surface area contributed by atoms with E-state index in [1.165, 1.54) is 5.56 Å². The van der Waals surface area contributed by atoms with Crippen molar-refractivity contribution < 1.29 is 0 Å². The molecule has 2 N–H and O–H groups in total. The third kappa shape index (κ3) is 6.46. The summed E-state index contributed by atoms with van der Waals surface area (Å²) in [7, 11) is 1.91. The number of nitrogens with one attached hydrogen (secondary N) is 2. The summed E-state index contributed by atoms with van der Waals surface area (Å²) in [5.41, 5.74) is 2.44. The Kier molecular flexibility index (Phi) is 8.57. The molecular weight excluding hydrogens is 389 g/mol. The predicted molar refractivity (Wildman–Crippen MR) is 102 cm³/mol. The SMILES string of the molecule is CCNC(=NCc1cnn(C)c1)NCCc1ccccc1.I. The van der Waals surface area contributed by atoms with Gasteiger partial charge in [-0.25, -0.2) is 4.99 Å². The standard InChI is InChI=1S/C16H23N5.HI/c1-3-17-16(19-11-15-12-20-21(2)13-15)18-10-9-14-7-5-4-6-8-14;/h4-8,12-13H,3,9-11H2,1-2H3,(H2,17,18,19);1H. The molecule has 0 unspecified atom stereocenters. The van der Waals surface area contributed by atoms with Crippen molar-refractivity contribution in [2.45, 2.75) is 19.9 Å². The average Bonchev–Trinajstić information content (AvgIpc) is 2.91. The lowest BCUT2D eigenvalue weighted by Crippen LogP contribution is -2.38. The van der Waals surface area contributed by atoms with E-state index in [9.17, 15) is 0 Å². The molecule has 22 heavy (non-hydrogen) atoms. The maximum Gasteiger partial charge on any atom is 0.191 e. The van der Waals surface area contributed by atoms with E-state index in [4.69, 9.17) is 0 Å². The summed E-state index contributed by atoms with van der Waals surface area (Å²) in [6.45, 7) is 4.42. The molecule has 2 rings (SSSR count). The number of hydrogen-bond acceptors (Lipinski definition) is 2. The quantitative estimate of drug-likeness (QED) is 0.434. The van der Waals surface area contributed by atoms with Crippen LogP contribution >= 0.6 is 24.0 Å². The molecule has 0 atom stereocenters. The molecule has 2 aromatic rings. The average molecular weight is 413 g/mol. The van der Waals surface area contributed by atoms with Crippen LogP contribution in [-0.4, -0.2) is 28.8 Å². The van der Waals surface area contributed by atoms with Gasteiger partial charge in [0.15, 0.2) is 5.96 Å². The van der Waals surface area contributed by atoms with Crippen LogP contribution < -0.4 is 10.6 Å². The lowest BCUT2D eigenvalue weighted by molar-refractivity contribution is 0.766. The van der Waals surface area contributed by atoms with Gasteiger partial charge < -0.3 is 10.6 Å². The number of aromatic nitrogens is 2. The number of aryl methyl sites for hydroxylation is 1. The van der Waals surface area contributed by atoms with E-state index < -0.39 is 0 Å². The minimum absolute atomic E-state index is 0. The fourth-order valence-corrected chi connectivity index (χ4v) is 2.04. The van der Waals surface area contributed by atoms with Crippen LogP contribution in [0.2, 0.25) is 0 Å². The zero-order valence-corrected chi connectivity index (χ0v) is 15.5. The van der Waals surface area contributed by atoms with Crippen LogP contribution in [0.3, 0.4) is 0 Å². The second-order valence-corrected chi connectivity index (χ2v) is 4.88. The van der Waals surface area contributed by atoms with E-state index in [-0.39, 0.29) is 24.0 Å². The van der Waals surface area contributed by atoms with Crippen molar-refractivity contribution in [3.05, 3.63) is 53.9 Å². The van der Waals surface area contributed by atoms with E-state index in [0.29, 0.717) is 6.54 Å². The van der Waals surface area contributed by atoms with Crippen molar-refractivity contribution in [3.63, 3.8) is 0 Å². The summed E-state index contributed by atoms with van der Waals surface area (Å²) in [4.78, 5) is 4.57. The fourth-order valence-electron chi connectivity index (χ4n) is 2.04. The molecule has 0 aliphatic heterocycles. The van der Waals surface area contributed by atoms with Crippen molar-refractivity contribution in [3.8, 4) is 0 Å². The third-order valence-electron chi connectivity index (χ3n) is 3.07. The van der Waals surface area contributed by atoms with Crippen LogP contribution in [0, 0.1) is 0 Å². The molecule has 0 amide bonds. The Morgan fingerprint density at radius 1 is 1.18 bits per heavy atom. The van der Waals surface area contributed by atoms with E-state index in [2.05, 4.69) is 51.9 Å². The molecule has 0 fully saturated rings. The minimum atomic E-state index is 0. The minimum Gasteiger partial charge on any atom is -0.357 e. The first-order valence-electron chi connectivity index (χ1n) is 7.31. The molecule has 1 heterocycles. The number of nitrogens with zero attached hydrogens (tertiary/aromatic N) is 3. The van der Waals surface area contributed by atoms with Crippen LogP contribution in [0.5, 0.6) is 0 Å². The summed E-state index contributed by atoms with van der Waals surface area (Å²) in [6, 6.07) is 10.5. The first-order valence-corrected chi connectivity index (χ1v) is 7.31. The Morgan fingerprint density at radius 2 is 1.95 bits per heavy atom. The molecule has 0 bridgehead atoms. The van der Waals surface area contributed by atoms with Gasteiger partial charge in [0.2, 0.25) is 0 Å². The van der Waals surface area contributed by atoms with Gasteiger partial charge in [-0.3, -0.25) is 4.68 Å². The largest absolute Gasteiger partial charge is 0.357 e. The summed E-state index contributed by atoms with van der Waals surface area (Å²) in [5, 5.41) is 10.8. The molecule has 0 saturated heterocycles. The van der Waals surface area contributed by atoms with Gasteiger partial charge in [-0.1, -0.05) is 30.3 Å². The molecule has 0 saturated carbocycles. The van der Waals surface area contributed by atoms with Gasteiger partial charge in [-0.2, -0.15) is 5.10 Å². The first kappa shape index (κ1) is 18.5. The number of guanidine groups is 1. The Morgan fingerprint density at radius 3 is 2.59 bits per heavy atom. The summed E-state index contributed by atoms with van der Waals surface area (Å²) >= 11 is 0. The van der Waals surface area contributed by atoms with Crippen LogP contribution in [0.25, 0.3) is 0 Å². The van der Waals surface area contributed by atoms with Crippen LogP contribution in [0.4, 0.5) is 0 Å². The maximum absolute atomic E-state index is 4.57. The molecule has 120 valence electrons. The number of hydrogen-bond donors (Lipinski definition) is 2. The van der Waals surface area contributed by atoms with E-state index in [1.54, 1.807) is 4.68 Å². The second-order valence-electron chi connectivity index (χ2n) is 4.88. The molecule has 6 heteroatoms. The molecule has 5 nitrogen and oxygen atoms in total. The Labute approximate surface area is 149 Å². The topological polar surface area (TPSA) is 54.2 Å². The van der Waals surface area contributed by atoms with Crippen LogP contribution in [0.1, 0.15) is 18.1 Å². The molecule has 0 aliphatic carbocycles. The smallest absolute Gasteiger partial charge is 0.191 e. The molecule has 1 aromatic heterocycles. The normalized spacial score (nSPS) is 10.9. The van der Waals surface area contributed by atoms with Crippen LogP contribution in [0.15, 0.2) is 47.7 Å².